The summed E-state index contributed by atoms with van der Waals surface area (Å²) in [5, 5.41) is 0.607. The maximum atomic E-state index is 11.7. The summed E-state index contributed by atoms with van der Waals surface area (Å²) in [6.07, 6.45) is 4.63. The molecule has 1 aliphatic carbocycles. The molecule has 0 spiro atoms. The van der Waals surface area contributed by atoms with E-state index >= 15 is 0 Å². The van der Waals surface area contributed by atoms with Crippen LogP contribution in [0.2, 0.25) is 0 Å². The van der Waals surface area contributed by atoms with Gasteiger partial charge >= 0.3 is 0 Å². The van der Waals surface area contributed by atoms with Crippen LogP contribution in [0.3, 0.4) is 0 Å². The number of rotatable bonds is 0. The van der Waals surface area contributed by atoms with E-state index in [0.29, 0.717) is 11.0 Å². The van der Waals surface area contributed by atoms with Crippen LogP contribution in [0.15, 0.2) is 27.6 Å². The number of nitrogen functional groups attached to an aromatic ring is 1. The number of hydrogen-bond acceptors (Lipinski definition) is 3. The van der Waals surface area contributed by atoms with Gasteiger partial charge in [0.15, 0.2) is 0 Å². The van der Waals surface area contributed by atoms with E-state index in [4.69, 9.17) is 10.2 Å². The Hall–Kier alpha value is -1.77. The second-order valence-electron chi connectivity index (χ2n) is 3.99. The molecule has 0 amide bonds. The summed E-state index contributed by atoms with van der Waals surface area (Å²) >= 11 is 0. The minimum Gasteiger partial charge on any atom is -0.462 e. The Morgan fingerprint density at radius 1 is 1.20 bits per heavy atom. The molecule has 0 aliphatic heterocycles. The lowest BCUT2D eigenvalue weighted by molar-refractivity contribution is 0.605. The molecule has 0 fully saturated rings. The lowest BCUT2D eigenvalue weighted by Gasteiger charge is -2.02. The van der Waals surface area contributed by atoms with Crippen molar-refractivity contribution >= 4 is 16.7 Å². The van der Waals surface area contributed by atoms with Crippen LogP contribution in [0.1, 0.15) is 17.5 Å². The third kappa shape index (κ3) is 1.16. The van der Waals surface area contributed by atoms with Gasteiger partial charge in [0.1, 0.15) is 17.5 Å². The molecule has 0 atom stereocenters. The van der Waals surface area contributed by atoms with E-state index in [1.807, 2.05) is 12.1 Å². The monoisotopic (exact) mass is 201 g/mol. The molecule has 3 rings (SSSR count). The van der Waals surface area contributed by atoms with Gasteiger partial charge in [-0.25, -0.2) is 0 Å². The number of hydrogen-bond donors (Lipinski definition) is 1. The van der Waals surface area contributed by atoms with Crippen molar-refractivity contribution in [3.8, 4) is 0 Å². The second kappa shape index (κ2) is 2.86. The van der Waals surface area contributed by atoms with Crippen molar-refractivity contribution in [3.63, 3.8) is 0 Å². The summed E-state index contributed by atoms with van der Waals surface area (Å²) < 4.78 is 5.32. The highest BCUT2D eigenvalue weighted by Crippen LogP contribution is 2.26. The molecular weight excluding hydrogens is 190 g/mol. The lowest BCUT2D eigenvalue weighted by atomic mass is 10.1. The fraction of sp³-hybridized carbons (Fsp3) is 0.250. The van der Waals surface area contributed by atoms with Crippen molar-refractivity contribution in [1.82, 2.24) is 0 Å². The normalized spacial score (nSPS) is 14.4. The molecule has 0 bridgehead atoms. The Kier molecular flexibility index (Phi) is 1.63. The van der Waals surface area contributed by atoms with Crippen LogP contribution in [0, 0.1) is 0 Å². The van der Waals surface area contributed by atoms with E-state index in [1.54, 1.807) is 0 Å². The highest BCUT2D eigenvalue weighted by molar-refractivity contribution is 5.81. The minimum atomic E-state index is -0.119. The molecule has 1 aromatic heterocycles. The van der Waals surface area contributed by atoms with Gasteiger partial charge in [0, 0.05) is 0 Å². The minimum absolute atomic E-state index is 0.119. The van der Waals surface area contributed by atoms with Crippen LogP contribution in [0.5, 0.6) is 0 Å². The number of anilines is 1. The fourth-order valence-corrected chi connectivity index (χ4v) is 2.21. The van der Waals surface area contributed by atoms with Crippen LogP contribution < -0.4 is 11.2 Å². The van der Waals surface area contributed by atoms with Crippen LogP contribution in [0.4, 0.5) is 5.69 Å². The molecule has 1 heterocycles. The summed E-state index contributed by atoms with van der Waals surface area (Å²) in [7, 11) is 0. The molecule has 76 valence electrons. The molecule has 0 radical (unpaired) electrons. The number of fused-ring (bicyclic) bond motifs is 2. The van der Waals surface area contributed by atoms with Crippen LogP contribution >= 0.6 is 0 Å². The molecule has 1 aromatic carbocycles. The van der Waals surface area contributed by atoms with Crippen molar-refractivity contribution in [2.45, 2.75) is 19.3 Å². The summed E-state index contributed by atoms with van der Waals surface area (Å²) in [6.45, 7) is 0. The molecule has 0 saturated heterocycles. The standard InChI is InChI=1S/C12H11NO2/c13-10-6-15-11-5-8-3-1-2-7(8)4-9(11)12(10)14/h4-6H,1-3,13H2. The molecule has 1 aliphatic rings. The Morgan fingerprint density at radius 2 is 1.93 bits per heavy atom. The SMILES string of the molecule is Nc1coc2cc3c(cc2c1=O)CCC3. The second-order valence-corrected chi connectivity index (χ2v) is 3.99. The van der Waals surface area contributed by atoms with Gasteiger partial charge < -0.3 is 10.2 Å². The van der Waals surface area contributed by atoms with Gasteiger partial charge in [0.05, 0.1) is 5.39 Å². The number of benzene rings is 1. The zero-order valence-corrected chi connectivity index (χ0v) is 8.25. The zero-order chi connectivity index (χ0) is 10.4. The topological polar surface area (TPSA) is 56.2 Å². The molecule has 0 saturated carbocycles. The molecule has 3 nitrogen and oxygen atoms in total. The Morgan fingerprint density at radius 3 is 2.73 bits per heavy atom. The van der Waals surface area contributed by atoms with Crippen LogP contribution in [-0.4, -0.2) is 0 Å². The van der Waals surface area contributed by atoms with Gasteiger partial charge in [-0.15, -0.1) is 0 Å². The maximum Gasteiger partial charge on any atom is 0.215 e. The first-order chi connectivity index (χ1) is 7.25. The van der Waals surface area contributed by atoms with Gasteiger partial charge in [-0.05, 0) is 42.5 Å². The molecule has 3 heteroatoms. The van der Waals surface area contributed by atoms with E-state index in [2.05, 4.69) is 0 Å². The highest BCUT2D eigenvalue weighted by atomic mass is 16.3. The Bertz CT molecular complexity index is 598. The first-order valence-electron chi connectivity index (χ1n) is 5.08. The average molecular weight is 201 g/mol. The molecule has 2 aromatic rings. The van der Waals surface area contributed by atoms with E-state index in [1.165, 1.54) is 17.4 Å². The van der Waals surface area contributed by atoms with Crippen LogP contribution in [0.25, 0.3) is 11.0 Å². The predicted molar refractivity (Wildman–Crippen MR) is 58.9 cm³/mol. The first-order valence-corrected chi connectivity index (χ1v) is 5.08. The van der Waals surface area contributed by atoms with E-state index < -0.39 is 0 Å². The summed E-state index contributed by atoms with van der Waals surface area (Å²) in [4.78, 5) is 11.7. The number of nitrogens with two attached hydrogens (primary N) is 1. The lowest BCUT2D eigenvalue weighted by Crippen LogP contribution is -2.07. The van der Waals surface area contributed by atoms with Crippen molar-refractivity contribution in [3.05, 3.63) is 39.7 Å². The Balaban J connectivity index is 2.44. The quantitative estimate of drug-likeness (QED) is 0.707. The van der Waals surface area contributed by atoms with E-state index in [9.17, 15) is 4.79 Å². The van der Waals surface area contributed by atoms with E-state index in [0.717, 1.165) is 19.3 Å². The zero-order valence-electron chi connectivity index (χ0n) is 8.25. The third-order valence-corrected chi connectivity index (χ3v) is 3.01. The van der Waals surface area contributed by atoms with Gasteiger partial charge in [0.25, 0.3) is 0 Å². The van der Waals surface area contributed by atoms with Crippen molar-refractivity contribution in [1.29, 1.82) is 0 Å². The predicted octanol–water partition coefficient (Wildman–Crippen LogP) is 1.86. The van der Waals surface area contributed by atoms with Crippen LogP contribution in [-0.2, 0) is 12.8 Å². The summed E-state index contributed by atoms with van der Waals surface area (Å²) in [6, 6.07) is 3.90. The van der Waals surface area contributed by atoms with Gasteiger partial charge in [-0.2, -0.15) is 0 Å². The maximum absolute atomic E-state index is 11.7. The fourth-order valence-electron chi connectivity index (χ4n) is 2.21. The first kappa shape index (κ1) is 8.53. The highest BCUT2D eigenvalue weighted by Gasteiger charge is 2.14. The molecule has 2 N–H and O–H groups in total. The summed E-state index contributed by atoms with van der Waals surface area (Å²) in [5.74, 6) is 0. The molecule has 0 unspecified atom stereocenters. The van der Waals surface area contributed by atoms with Crippen molar-refractivity contribution in [2.24, 2.45) is 0 Å². The molecule has 15 heavy (non-hydrogen) atoms. The Labute approximate surface area is 86.5 Å². The van der Waals surface area contributed by atoms with E-state index in [-0.39, 0.29) is 11.1 Å². The third-order valence-electron chi connectivity index (χ3n) is 3.01. The van der Waals surface area contributed by atoms with Gasteiger partial charge in [-0.1, -0.05) is 0 Å². The largest absolute Gasteiger partial charge is 0.462 e. The van der Waals surface area contributed by atoms with Gasteiger partial charge in [-0.3, -0.25) is 4.79 Å². The molecular formula is C12H11NO2. The number of aryl methyl sites for hydroxylation is 2. The van der Waals surface area contributed by atoms with Gasteiger partial charge in [0.2, 0.25) is 5.43 Å². The van der Waals surface area contributed by atoms with Crippen molar-refractivity contribution in [2.75, 3.05) is 5.73 Å². The smallest absolute Gasteiger partial charge is 0.215 e. The van der Waals surface area contributed by atoms with Crippen molar-refractivity contribution < 1.29 is 4.42 Å². The average Bonchev–Trinajstić information content (AvgIpc) is 2.68. The summed E-state index contributed by atoms with van der Waals surface area (Å²) in [5.41, 5.74) is 8.80.